The van der Waals surface area contributed by atoms with E-state index in [1.807, 2.05) is 38.1 Å². The first kappa shape index (κ1) is 21.2. The number of carbonyl (C=O) groups is 1. The number of hydrogen-bond acceptors (Lipinski definition) is 4. The summed E-state index contributed by atoms with van der Waals surface area (Å²) in [6, 6.07) is 14.2. The van der Waals surface area contributed by atoms with E-state index < -0.39 is 5.97 Å². The molecule has 2 aromatic carbocycles. The predicted molar refractivity (Wildman–Crippen MR) is 120 cm³/mol. The van der Waals surface area contributed by atoms with Gasteiger partial charge in [0.2, 0.25) is 5.88 Å². The Hall–Kier alpha value is -3.09. The van der Waals surface area contributed by atoms with Crippen molar-refractivity contribution in [1.82, 2.24) is 14.5 Å². The number of fused-ring (bicyclic) bond motifs is 1. The lowest BCUT2D eigenvalue weighted by atomic mass is 10.1. The van der Waals surface area contributed by atoms with Crippen LogP contribution in [0.1, 0.15) is 33.0 Å². The van der Waals surface area contributed by atoms with Crippen LogP contribution in [0.25, 0.3) is 11.0 Å². The highest BCUT2D eigenvalue weighted by Gasteiger charge is 2.14. The third kappa shape index (κ3) is 4.50. The van der Waals surface area contributed by atoms with Crippen LogP contribution in [0.2, 0.25) is 10.0 Å². The molecule has 0 radical (unpaired) electrons. The van der Waals surface area contributed by atoms with Gasteiger partial charge in [0, 0.05) is 16.1 Å². The van der Waals surface area contributed by atoms with Gasteiger partial charge in [0.15, 0.2) is 5.69 Å². The number of ether oxygens (including phenoxy) is 1. The summed E-state index contributed by atoms with van der Waals surface area (Å²) < 4.78 is 7.85. The number of aromatic nitrogens is 3. The summed E-state index contributed by atoms with van der Waals surface area (Å²) in [6.45, 7) is 4.77. The molecule has 0 aliphatic rings. The molecule has 31 heavy (non-hydrogen) atoms. The predicted octanol–water partition coefficient (Wildman–Crippen LogP) is 5.68. The van der Waals surface area contributed by atoms with E-state index >= 15 is 0 Å². The van der Waals surface area contributed by atoms with Crippen LogP contribution in [0.5, 0.6) is 5.88 Å². The van der Waals surface area contributed by atoms with Gasteiger partial charge in [-0.1, -0.05) is 41.4 Å². The number of carboxylic acid groups (broad SMARTS) is 1. The monoisotopic (exact) mass is 455 g/mol. The lowest BCUT2D eigenvalue weighted by Crippen LogP contribution is -2.05. The van der Waals surface area contributed by atoms with E-state index in [4.69, 9.17) is 38.0 Å². The Morgan fingerprint density at radius 2 is 1.90 bits per heavy atom. The van der Waals surface area contributed by atoms with Crippen molar-refractivity contribution in [2.75, 3.05) is 0 Å². The molecule has 0 spiro atoms. The Labute approximate surface area is 189 Å². The summed E-state index contributed by atoms with van der Waals surface area (Å²) in [5.74, 6) is 0.0382. The summed E-state index contributed by atoms with van der Waals surface area (Å²) >= 11 is 12.4. The van der Waals surface area contributed by atoms with E-state index in [0.717, 1.165) is 33.5 Å². The average molecular weight is 456 g/mol. The third-order valence-corrected chi connectivity index (χ3v) is 5.56. The number of halogens is 2. The first-order valence-corrected chi connectivity index (χ1v) is 10.3. The standard InChI is InChI=1S/C23H19Cl2N3O3/c1-13-8-15(12-31-21-5-3-4-19(27-21)23(29)30)9-20-22(13)26-14(2)28(20)11-16-6-7-17(24)10-18(16)25/h3-10H,11-12H2,1-2H3,(H,29,30). The number of imidazole rings is 1. The highest BCUT2D eigenvalue weighted by atomic mass is 35.5. The second-order valence-electron chi connectivity index (χ2n) is 7.22. The Bertz CT molecular complexity index is 1300. The highest BCUT2D eigenvalue weighted by Crippen LogP contribution is 2.27. The molecule has 0 saturated heterocycles. The van der Waals surface area contributed by atoms with Crippen LogP contribution in [-0.2, 0) is 13.2 Å². The number of aryl methyl sites for hydroxylation is 2. The molecule has 0 saturated carbocycles. The molecular weight excluding hydrogens is 437 g/mol. The topological polar surface area (TPSA) is 77.2 Å². The zero-order valence-electron chi connectivity index (χ0n) is 16.9. The van der Waals surface area contributed by atoms with Crippen molar-refractivity contribution < 1.29 is 14.6 Å². The summed E-state index contributed by atoms with van der Waals surface area (Å²) in [5.41, 5.74) is 4.72. The van der Waals surface area contributed by atoms with Gasteiger partial charge in [-0.05, 0) is 54.8 Å². The average Bonchev–Trinajstić information content (AvgIpc) is 3.04. The number of benzene rings is 2. The summed E-state index contributed by atoms with van der Waals surface area (Å²) in [4.78, 5) is 19.8. The minimum Gasteiger partial charge on any atom is -0.477 e. The highest BCUT2D eigenvalue weighted by molar-refractivity contribution is 6.35. The number of pyridine rings is 1. The zero-order valence-corrected chi connectivity index (χ0v) is 18.4. The van der Waals surface area contributed by atoms with E-state index in [1.165, 1.54) is 6.07 Å². The summed E-state index contributed by atoms with van der Waals surface area (Å²) in [6.07, 6.45) is 0. The lowest BCUT2D eigenvalue weighted by molar-refractivity contribution is 0.0689. The van der Waals surface area contributed by atoms with Crippen LogP contribution < -0.4 is 4.74 Å². The molecule has 158 valence electrons. The molecule has 0 atom stereocenters. The number of nitrogens with zero attached hydrogens (tertiary/aromatic N) is 3. The Morgan fingerprint density at radius 1 is 1.10 bits per heavy atom. The quantitative estimate of drug-likeness (QED) is 0.404. The number of rotatable bonds is 6. The maximum Gasteiger partial charge on any atom is 0.354 e. The van der Waals surface area contributed by atoms with Gasteiger partial charge in [0.1, 0.15) is 12.4 Å². The van der Waals surface area contributed by atoms with Gasteiger partial charge >= 0.3 is 5.97 Å². The summed E-state index contributed by atoms with van der Waals surface area (Å²) in [5, 5.41) is 10.3. The van der Waals surface area contributed by atoms with Crippen LogP contribution >= 0.6 is 23.2 Å². The van der Waals surface area contributed by atoms with Gasteiger partial charge in [0.25, 0.3) is 0 Å². The molecule has 0 aliphatic carbocycles. The molecule has 4 rings (SSSR count). The zero-order chi connectivity index (χ0) is 22.1. The Morgan fingerprint density at radius 3 is 2.65 bits per heavy atom. The van der Waals surface area contributed by atoms with E-state index in [-0.39, 0.29) is 18.2 Å². The van der Waals surface area contributed by atoms with Gasteiger partial charge in [0.05, 0.1) is 17.6 Å². The van der Waals surface area contributed by atoms with Gasteiger partial charge in [-0.15, -0.1) is 0 Å². The molecule has 0 amide bonds. The second kappa shape index (κ2) is 8.57. The molecular formula is C23H19Cl2N3O3. The number of hydrogen-bond donors (Lipinski definition) is 1. The van der Waals surface area contributed by atoms with E-state index in [1.54, 1.807) is 18.2 Å². The third-order valence-electron chi connectivity index (χ3n) is 4.97. The Kier molecular flexibility index (Phi) is 5.85. The van der Waals surface area contributed by atoms with Crippen LogP contribution in [0.3, 0.4) is 0 Å². The molecule has 0 aliphatic heterocycles. The van der Waals surface area contributed by atoms with Crippen LogP contribution in [0.4, 0.5) is 0 Å². The molecule has 1 N–H and O–H groups in total. The Balaban J connectivity index is 1.65. The normalized spacial score (nSPS) is 11.1. The van der Waals surface area contributed by atoms with E-state index in [9.17, 15) is 4.79 Å². The van der Waals surface area contributed by atoms with Gasteiger partial charge in [-0.2, -0.15) is 0 Å². The van der Waals surface area contributed by atoms with Crippen molar-refractivity contribution in [3.63, 3.8) is 0 Å². The summed E-state index contributed by atoms with van der Waals surface area (Å²) in [7, 11) is 0. The molecule has 8 heteroatoms. The van der Waals surface area contributed by atoms with Crippen LogP contribution in [0.15, 0.2) is 48.5 Å². The fraction of sp³-hybridized carbons (Fsp3) is 0.174. The van der Waals surface area contributed by atoms with Crippen molar-refractivity contribution in [3.05, 3.63) is 86.8 Å². The van der Waals surface area contributed by atoms with Gasteiger partial charge < -0.3 is 14.4 Å². The fourth-order valence-corrected chi connectivity index (χ4v) is 3.92. The van der Waals surface area contributed by atoms with E-state index in [2.05, 4.69) is 9.55 Å². The van der Waals surface area contributed by atoms with Crippen LogP contribution in [-0.4, -0.2) is 25.6 Å². The number of aromatic carboxylic acids is 1. The van der Waals surface area contributed by atoms with Gasteiger partial charge in [-0.25, -0.2) is 14.8 Å². The minimum absolute atomic E-state index is 0.0577. The maximum absolute atomic E-state index is 11.1. The first-order chi connectivity index (χ1) is 14.8. The molecule has 2 heterocycles. The van der Waals surface area contributed by atoms with Crippen molar-refractivity contribution in [3.8, 4) is 5.88 Å². The van der Waals surface area contributed by atoms with Crippen molar-refractivity contribution in [2.24, 2.45) is 0 Å². The van der Waals surface area contributed by atoms with Gasteiger partial charge in [-0.3, -0.25) is 0 Å². The SMILES string of the molecule is Cc1cc(COc2cccc(C(=O)O)n2)cc2c1nc(C)n2Cc1ccc(Cl)cc1Cl. The van der Waals surface area contributed by atoms with Crippen molar-refractivity contribution in [1.29, 1.82) is 0 Å². The minimum atomic E-state index is -1.09. The van der Waals surface area contributed by atoms with Crippen molar-refractivity contribution in [2.45, 2.75) is 27.0 Å². The molecule has 4 aromatic rings. The fourth-order valence-electron chi connectivity index (χ4n) is 3.46. The molecule has 2 aromatic heterocycles. The molecule has 0 unspecified atom stereocenters. The molecule has 0 bridgehead atoms. The lowest BCUT2D eigenvalue weighted by Gasteiger charge is -2.11. The smallest absolute Gasteiger partial charge is 0.354 e. The maximum atomic E-state index is 11.1. The molecule has 6 nitrogen and oxygen atoms in total. The molecule has 0 fully saturated rings. The van der Waals surface area contributed by atoms with E-state index in [0.29, 0.717) is 16.6 Å². The van der Waals surface area contributed by atoms with Crippen LogP contribution in [0, 0.1) is 13.8 Å². The first-order valence-electron chi connectivity index (χ1n) is 9.55. The van der Waals surface area contributed by atoms with Crippen molar-refractivity contribution >= 4 is 40.2 Å². The second-order valence-corrected chi connectivity index (χ2v) is 8.06. The number of carboxylic acids is 1. The largest absolute Gasteiger partial charge is 0.477 e.